The molecule has 0 spiro atoms. The van der Waals surface area contributed by atoms with Crippen LogP contribution in [0.1, 0.15) is 24.8 Å². The van der Waals surface area contributed by atoms with Crippen molar-refractivity contribution in [2.75, 3.05) is 0 Å². The first kappa shape index (κ1) is 11.4. The van der Waals surface area contributed by atoms with Gasteiger partial charge in [-0.15, -0.1) is 0 Å². The SMILES string of the molecule is NC1(CCc2cc([N+](=O)[O-])ccc2Cl)CC1. The van der Waals surface area contributed by atoms with Crippen LogP contribution in [0.4, 0.5) is 5.69 Å². The lowest BCUT2D eigenvalue weighted by molar-refractivity contribution is -0.384. The third-order valence-corrected chi connectivity index (χ3v) is 3.39. The Morgan fingerprint density at radius 2 is 2.19 bits per heavy atom. The molecule has 0 aromatic heterocycles. The van der Waals surface area contributed by atoms with E-state index in [1.54, 1.807) is 6.07 Å². The molecule has 0 radical (unpaired) electrons. The molecule has 1 aliphatic rings. The molecule has 2 N–H and O–H groups in total. The van der Waals surface area contributed by atoms with E-state index in [1.807, 2.05) is 0 Å². The molecule has 16 heavy (non-hydrogen) atoms. The molecule has 1 aromatic carbocycles. The average molecular weight is 241 g/mol. The number of benzene rings is 1. The minimum atomic E-state index is -0.408. The quantitative estimate of drug-likeness (QED) is 0.650. The van der Waals surface area contributed by atoms with Crippen molar-refractivity contribution >= 4 is 17.3 Å². The molecule has 86 valence electrons. The standard InChI is InChI=1S/C11H13ClN2O2/c12-10-2-1-9(14(15)16)7-8(10)3-4-11(13)5-6-11/h1-2,7H,3-6,13H2. The zero-order valence-corrected chi connectivity index (χ0v) is 9.54. The molecule has 0 aliphatic heterocycles. The summed E-state index contributed by atoms with van der Waals surface area (Å²) in [6.07, 6.45) is 3.63. The molecule has 0 saturated heterocycles. The summed E-state index contributed by atoms with van der Waals surface area (Å²) in [6.45, 7) is 0. The highest BCUT2D eigenvalue weighted by Crippen LogP contribution is 2.37. The highest BCUT2D eigenvalue weighted by molar-refractivity contribution is 6.31. The number of aryl methyl sites for hydroxylation is 1. The lowest BCUT2D eigenvalue weighted by Gasteiger charge is -2.09. The van der Waals surface area contributed by atoms with Crippen molar-refractivity contribution in [3.63, 3.8) is 0 Å². The van der Waals surface area contributed by atoms with Crippen LogP contribution in [0.15, 0.2) is 18.2 Å². The predicted molar refractivity (Wildman–Crippen MR) is 62.6 cm³/mol. The highest BCUT2D eigenvalue weighted by Gasteiger charge is 2.37. The van der Waals surface area contributed by atoms with Gasteiger partial charge in [0.25, 0.3) is 5.69 Å². The van der Waals surface area contributed by atoms with E-state index in [9.17, 15) is 10.1 Å². The molecule has 0 atom stereocenters. The van der Waals surface area contributed by atoms with Gasteiger partial charge in [-0.05, 0) is 37.3 Å². The summed E-state index contributed by atoms with van der Waals surface area (Å²) in [4.78, 5) is 10.2. The maximum absolute atomic E-state index is 10.6. The molecule has 0 heterocycles. The maximum atomic E-state index is 10.6. The van der Waals surface area contributed by atoms with Crippen LogP contribution >= 0.6 is 11.6 Å². The number of hydrogen-bond donors (Lipinski definition) is 1. The monoisotopic (exact) mass is 240 g/mol. The van der Waals surface area contributed by atoms with E-state index >= 15 is 0 Å². The van der Waals surface area contributed by atoms with Gasteiger partial charge in [0.1, 0.15) is 0 Å². The fourth-order valence-corrected chi connectivity index (χ4v) is 1.87. The Hall–Kier alpha value is -1.13. The van der Waals surface area contributed by atoms with Gasteiger partial charge in [0.2, 0.25) is 0 Å². The van der Waals surface area contributed by atoms with Crippen LogP contribution in [0.2, 0.25) is 5.02 Å². The predicted octanol–water partition coefficient (Wildman–Crippen LogP) is 2.67. The molecule has 0 amide bonds. The van der Waals surface area contributed by atoms with Gasteiger partial charge in [0.05, 0.1) is 4.92 Å². The highest BCUT2D eigenvalue weighted by atomic mass is 35.5. The Bertz CT molecular complexity index is 430. The van der Waals surface area contributed by atoms with Gasteiger partial charge >= 0.3 is 0 Å². The second-order valence-electron chi connectivity index (χ2n) is 4.40. The van der Waals surface area contributed by atoms with Crippen molar-refractivity contribution in [3.05, 3.63) is 38.9 Å². The third-order valence-electron chi connectivity index (χ3n) is 3.02. The molecule has 0 unspecified atom stereocenters. The summed E-state index contributed by atoms with van der Waals surface area (Å²) in [5.41, 5.74) is 6.81. The van der Waals surface area contributed by atoms with Crippen LogP contribution in [0.25, 0.3) is 0 Å². The second-order valence-corrected chi connectivity index (χ2v) is 4.80. The van der Waals surface area contributed by atoms with Crippen molar-refractivity contribution < 1.29 is 4.92 Å². The van der Waals surface area contributed by atoms with Crippen molar-refractivity contribution in [1.29, 1.82) is 0 Å². The molecule has 2 rings (SSSR count). The Morgan fingerprint density at radius 3 is 2.75 bits per heavy atom. The minimum absolute atomic E-state index is 0.0477. The first-order valence-corrected chi connectivity index (χ1v) is 5.60. The summed E-state index contributed by atoms with van der Waals surface area (Å²) in [6, 6.07) is 4.53. The molecule has 1 fully saturated rings. The van der Waals surface area contributed by atoms with Crippen LogP contribution < -0.4 is 5.73 Å². The molecule has 1 aliphatic carbocycles. The molecule has 4 nitrogen and oxygen atoms in total. The number of nitro groups is 1. The Kier molecular flexibility index (Phi) is 2.86. The van der Waals surface area contributed by atoms with Crippen molar-refractivity contribution in [2.24, 2.45) is 5.73 Å². The summed E-state index contributed by atoms with van der Waals surface area (Å²) < 4.78 is 0. The lowest BCUT2D eigenvalue weighted by Crippen LogP contribution is -2.22. The molecular formula is C11H13ClN2O2. The fourth-order valence-electron chi connectivity index (χ4n) is 1.66. The zero-order chi connectivity index (χ0) is 11.8. The number of nitrogens with zero attached hydrogens (tertiary/aromatic N) is 1. The number of halogens is 1. The molecule has 1 aromatic rings. The molecule has 1 saturated carbocycles. The molecule has 0 bridgehead atoms. The Balaban J connectivity index is 2.12. The van der Waals surface area contributed by atoms with E-state index in [1.165, 1.54) is 12.1 Å². The molecule has 5 heteroatoms. The minimum Gasteiger partial charge on any atom is -0.325 e. The first-order valence-electron chi connectivity index (χ1n) is 5.22. The van der Waals surface area contributed by atoms with E-state index in [-0.39, 0.29) is 11.2 Å². The van der Waals surface area contributed by atoms with E-state index in [2.05, 4.69) is 0 Å². The summed E-state index contributed by atoms with van der Waals surface area (Å²) in [5, 5.41) is 11.2. The number of nitrogens with two attached hydrogens (primary N) is 1. The smallest absolute Gasteiger partial charge is 0.269 e. The maximum Gasteiger partial charge on any atom is 0.269 e. The number of non-ortho nitro benzene ring substituents is 1. The average Bonchev–Trinajstić information content (AvgIpc) is 2.95. The van der Waals surface area contributed by atoms with E-state index in [4.69, 9.17) is 17.3 Å². The van der Waals surface area contributed by atoms with Crippen molar-refractivity contribution in [3.8, 4) is 0 Å². The van der Waals surface area contributed by atoms with Crippen LogP contribution in [-0.2, 0) is 6.42 Å². The zero-order valence-electron chi connectivity index (χ0n) is 8.78. The number of rotatable bonds is 4. The van der Waals surface area contributed by atoms with Gasteiger partial charge in [0, 0.05) is 22.7 Å². The largest absolute Gasteiger partial charge is 0.325 e. The first-order chi connectivity index (χ1) is 7.50. The molecular weight excluding hydrogens is 228 g/mol. The van der Waals surface area contributed by atoms with Crippen LogP contribution in [0.3, 0.4) is 0 Å². The Labute approximate surface area is 98.5 Å². The summed E-state index contributed by atoms with van der Waals surface area (Å²) >= 11 is 5.99. The van der Waals surface area contributed by atoms with Crippen LogP contribution in [-0.4, -0.2) is 10.5 Å². The van der Waals surface area contributed by atoms with Crippen molar-refractivity contribution in [1.82, 2.24) is 0 Å². The van der Waals surface area contributed by atoms with Gasteiger partial charge in [-0.2, -0.15) is 0 Å². The van der Waals surface area contributed by atoms with Gasteiger partial charge in [-0.25, -0.2) is 0 Å². The Morgan fingerprint density at radius 1 is 1.50 bits per heavy atom. The topological polar surface area (TPSA) is 69.2 Å². The van der Waals surface area contributed by atoms with Gasteiger partial charge in [0.15, 0.2) is 0 Å². The summed E-state index contributed by atoms with van der Waals surface area (Å²) in [5.74, 6) is 0. The van der Waals surface area contributed by atoms with E-state index < -0.39 is 4.92 Å². The number of nitro benzene ring substituents is 1. The second kappa shape index (κ2) is 4.03. The number of hydrogen-bond acceptors (Lipinski definition) is 3. The lowest BCUT2D eigenvalue weighted by atomic mass is 10.0. The van der Waals surface area contributed by atoms with Gasteiger partial charge in [-0.3, -0.25) is 10.1 Å². The summed E-state index contributed by atoms with van der Waals surface area (Å²) in [7, 11) is 0. The van der Waals surface area contributed by atoms with Crippen LogP contribution in [0, 0.1) is 10.1 Å². The van der Waals surface area contributed by atoms with Gasteiger partial charge < -0.3 is 5.73 Å². The fraction of sp³-hybridized carbons (Fsp3) is 0.455. The van der Waals surface area contributed by atoms with E-state index in [0.29, 0.717) is 11.4 Å². The van der Waals surface area contributed by atoms with Gasteiger partial charge in [-0.1, -0.05) is 11.6 Å². The van der Waals surface area contributed by atoms with Crippen LogP contribution in [0.5, 0.6) is 0 Å². The van der Waals surface area contributed by atoms with Crippen molar-refractivity contribution in [2.45, 2.75) is 31.2 Å². The normalized spacial score (nSPS) is 17.1. The third kappa shape index (κ3) is 2.51. The van der Waals surface area contributed by atoms with E-state index in [0.717, 1.165) is 24.8 Å².